The Bertz CT molecular complexity index is 525. The largest absolute Gasteiger partial charge is 0.392 e. The SMILES string of the molecule is CCOCC(NS(=O)(=O)c1n[nH]c(C)c1CO)C(C)C. The third-order valence-corrected chi connectivity index (χ3v) is 4.52. The van der Waals surface area contributed by atoms with Crippen molar-refractivity contribution in [2.45, 2.75) is 45.4 Å². The molecule has 116 valence electrons. The summed E-state index contributed by atoms with van der Waals surface area (Å²) in [5, 5.41) is 15.5. The first-order valence-electron chi connectivity index (χ1n) is 6.58. The molecule has 0 spiro atoms. The number of rotatable bonds is 8. The molecule has 0 fully saturated rings. The molecular formula is C12H23N3O4S. The van der Waals surface area contributed by atoms with E-state index in [1.165, 1.54) is 0 Å². The van der Waals surface area contributed by atoms with E-state index in [-0.39, 0.29) is 29.2 Å². The molecular weight excluding hydrogens is 282 g/mol. The minimum atomic E-state index is -3.79. The van der Waals surface area contributed by atoms with E-state index in [1.54, 1.807) is 6.92 Å². The van der Waals surface area contributed by atoms with Gasteiger partial charge in [0, 0.05) is 23.9 Å². The van der Waals surface area contributed by atoms with E-state index in [9.17, 15) is 13.5 Å². The van der Waals surface area contributed by atoms with Crippen molar-refractivity contribution in [2.75, 3.05) is 13.2 Å². The van der Waals surface area contributed by atoms with Crippen LogP contribution in [0.5, 0.6) is 0 Å². The van der Waals surface area contributed by atoms with E-state index in [2.05, 4.69) is 14.9 Å². The molecule has 8 heteroatoms. The summed E-state index contributed by atoms with van der Waals surface area (Å²) in [5.74, 6) is 0.0777. The first kappa shape index (κ1) is 17.1. The predicted octanol–water partition coefficient (Wildman–Crippen LogP) is 0.550. The topological polar surface area (TPSA) is 104 Å². The lowest BCUT2D eigenvalue weighted by Gasteiger charge is -2.21. The second kappa shape index (κ2) is 7.16. The highest BCUT2D eigenvalue weighted by Gasteiger charge is 2.27. The monoisotopic (exact) mass is 305 g/mol. The number of H-pyrrole nitrogens is 1. The quantitative estimate of drug-likeness (QED) is 0.650. The number of ether oxygens (including phenoxy) is 1. The summed E-state index contributed by atoms with van der Waals surface area (Å²) in [6.45, 7) is 7.78. The molecule has 0 aliphatic heterocycles. The highest BCUT2D eigenvalue weighted by Crippen LogP contribution is 2.17. The number of nitrogens with one attached hydrogen (secondary N) is 2. The Labute approximate surface area is 119 Å². The van der Waals surface area contributed by atoms with Gasteiger partial charge in [0.15, 0.2) is 5.03 Å². The maximum atomic E-state index is 12.3. The molecule has 20 heavy (non-hydrogen) atoms. The fourth-order valence-corrected chi connectivity index (χ4v) is 3.26. The van der Waals surface area contributed by atoms with Crippen LogP contribution in [0.1, 0.15) is 32.0 Å². The molecule has 0 aliphatic carbocycles. The molecule has 0 amide bonds. The predicted molar refractivity (Wildman–Crippen MR) is 74.7 cm³/mol. The van der Waals surface area contributed by atoms with E-state index in [4.69, 9.17) is 4.74 Å². The number of hydrogen-bond acceptors (Lipinski definition) is 5. The summed E-state index contributed by atoms with van der Waals surface area (Å²) < 4.78 is 32.6. The molecule has 0 bridgehead atoms. The zero-order valence-corrected chi connectivity index (χ0v) is 13.1. The second-order valence-electron chi connectivity index (χ2n) is 4.92. The van der Waals surface area contributed by atoms with Crippen molar-refractivity contribution in [2.24, 2.45) is 5.92 Å². The Balaban J connectivity index is 2.97. The van der Waals surface area contributed by atoms with Crippen molar-refractivity contribution in [1.29, 1.82) is 0 Å². The molecule has 1 aromatic rings. The standard InChI is InChI=1S/C12H23N3O4S/c1-5-19-7-11(8(2)3)15-20(17,18)12-10(6-16)9(4)13-14-12/h8,11,15-16H,5-7H2,1-4H3,(H,13,14). The summed E-state index contributed by atoms with van der Waals surface area (Å²) in [6.07, 6.45) is 0. The van der Waals surface area contributed by atoms with E-state index < -0.39 is 10.0 Å². The van der Waals surface area contributed by atoms with Crippen LogP contribution in [-0.2, 0) is 21.4 Å². The zero-order chi connectivity index (χ0) is 15.3. The van der Waals surface area contributed by atoms with Gasteiger partial charge in [0.1, 0.15) is 0 Å². The lowest BCUT2D eigenvalue weighted by molar-refractivity contribution is 0.116. The number of sulfonamides is 1. The molecule has 1 unspecified atom stereocenters. The van der Waals surface area contributed by atoms with E-state index >= 15 is 0 Å². The molecule has 1 aromatic heterocycles. The molecule has 1 rings (SSSR count). The highest BCUT2D eigenvalue weighted by atomic mass is 32.2. The van der Waals surface area contributed by atoms with E-state index in [0.717, 1.165) is 0 Å². The van der Waals surface area contributed by atoms with Gasteiger partial charge in [0.25, 0.3) is 10.0 Å². The number of aromatic amines is 1. The minimum absolute atomic E-state index is 0.0777. The van der Waals surface area contributed by atoms with Crippen molar-refractivity contribution < 1.29 is 18.3 Å². The third-order valence-electron chi connectivity index (χ3n) is 3.06. The van der Waals surface area contributed by atoms with Gasteiger partial charge in [0.05, 0.1) is 13.2 Å². The first-order chi connectivity index (χ1) is 9.33. The van der Waals surface area contributed by atoms with Crippen molar-refractivity contribution in [3.63, 3.8) is 0 Å². The Morgan fingerprint density at radius 1 is 1.45 bits per heavy atom. The summed E-state index contributed by atoms with van der Waals surface area (Å²) in [7, 11) is -3.79. The van der Waals surface area contributed by atoms with Gasteiger partial charge in [-0.05, 0) is 19.8 Å². The maximum Gasteiger partial charge on any atom is 0.260 e. The van der Waals surface area contributed by atoms with Gasteiger partial charge in [-0.3, -0.25) is 5.10 Å². The van der Waals surface area contributed by atoms with Crippen LogP contribution in [0.3, 0.4) is 0 Å². The van der Waals surface area contributed by atoms with Gasteiger partial charge in [0.2, 0.25) is 0 Å². The lowest BCUT2D eigenvalue weighted by Crippen LogP contribution is -2.42. The Kier molecular flexibility index (Phi) is 6.12. The van der Waals surface area contributed by atoms with Gasteiger partial charge in [-0.1, -0.05) is 13.8 Å². The van der Waals surface area contributed by atoms with Crippen molar-refractivity contribution in [3.05, 3.63) is 11.3 Å². The van der Waals surface area contributed by atoms with Crippen LogP contribution >= 0.6 is 0 Å². The number of aliphatic hydroxyl groups excluding tert-OH is 1. The highest BCUT2D eigenvalue weighted by molar-refractivity contribution is 7.89. The summed E-state index contributed by atoms with van der Waals surface area (Å²) in [5.41, 5.74) is 0.829. The number of aromatic nitrogens is 2. The van der Waals surface area contributed by atoms with Gasteiger partial charge >= 0.3 is 0 Å². The molecule has 7 nitrogen and oxygen atoms in total. The van der Waals surface area contributed by atoms with Crippen LogP contribution in [0.25, 0.3) is 0 Å². The van der Waals surface area contributed by atoms with Crippen molar-refractivity contribution in [3.8, 4) is 0 Å². The second-order valence-corrected chi connectivity index (χ2v) is 6.55. The van der Waals surface area contributed by atoms with Crippen LogP contribution < -0.4 is 4.72 Å². The lowest BCUT2D eigenvalue weighted by atomic mass is 10.1. The summed E-state index contributed by atoms with van der Waals surface area (Å²) in [4.78, 5) is 0. The number of aliphatic hydroxyl groups is 1. The van der Waals surface area contributed by atoms with Crippen LogP contribution in [0.15, 0.2) is 5.03 Å². The van der Waals surface area contributed by atoms with E-state index in [0.29, 0.717) is 18.9 Å². The van der Waals surface area contributed by atoms with Crippen LogP contribution in [0.4, 0.5) is 0 Å². The minimum Gasteiger partial charge on any atom is -0.392 e. The average molecular weight is 305 g/mol. The Morgan fingerprint density at radius 3 is 2.60 bits per heavy atom. The van der Waals surface area contributed by atoms with Crippen LogP contribution in [-0.4, -0.2) is 43.0 Å². The number of hydrogen-bond donors (Lipinski definition) is 3. The molecule has 0 radical (unpaired) electrons. The summed E-state index contributed by atoms with van der Waals surface area (Å²) in [6, 6.07) is -0.344. The van der Waals surface area contributed by atoms with Crippen LogP contribution in [0, 0.1) is 12.8 Å². The van der Waals surface area contributed by atoms with Crippen LogP contribution in [0.2, 0.25) is 0 Å². The molecule has 0 aliphatic rings. The van der Waals surface area contributed by atoms with Gasteiger partial charge in [-0.25, -0.2) is 13.1 Å². The van der Waals surface area contributed by atoms with Gasteiger partial charge < -0.3 is 9.84 Å². The number of nitrogens with zero attached hydrogens (tertiary/aromatic N) is 1. The zero-order valence-electron chi connectivity index (χ0n) is 12.3. The molecule has 1 atom stereocenters. The third kappa shape index (κ3) is 4.02. The number of aryl methyl sites for hydroxylation is 1. The Morgan fingerprint density at radius 2 is 2.10 bits per heavy atom. The van der Waals surface area contributed by atoms with Gasteiger partial charge in [-0.2, -0.15) is 5.10 Å². The maximum absolute atomic E-state index is 12.3. The van der Waals surface area contributed by atoms with E-state index in [1.807, 2.05) is 20.8 Å². The fraction of sp³-hybridized carbons (Fsp3) is 0.750. The molecule has 3 N–H and O–H groups in total. The average Bonchev–Trinajstić information content (AvgIpc) is 2.76. The normalized spacial score (nSPS) is 13.9. The van der Waals surface area contributed by atoms with Crippen molar-refractivity contribution in [1.82, 2.24) is 14.9 Å². The smallest absolute Gasteiger partial charge is 0.260 e. The Hall–Kier alpha value is -0.960. The molecule has 0 saturated heterocycles. The van der Waals surface area contributed by atoms with Gasteiger partial charge in [-0.15, -0.1) is 0 Å². The van der Waals surface area contributed by atoms with Crippen molar-refractivity contribution >= 4 is 10.0 Å². The molecule has 1 heterocycles. The fourth-order valence-electron chi connectivity index (χ4n) is 1.70. The summed E-state index contributed by atoms with van der Waals surface area (Å²) >= 11 is 0. The molecule has 0 aromatic carbocycles. The first-order valence-corrected chi connectivity index (χ1v) is 8.06. The molecule has 0 saturated carbocycles.